The summed E-state index contributed by atoms with van der Waals surface area (Å²) < 4.78 is 78.5. The average molecular weight is 368 g/mol. The van der Waals surface area contributed by atoms with Crippen LogP contribution in [0.1, 0.15) is 35.6 Å². The van der Waals surface area contributed by atoms with Crippen LogP contribution in [0.4, 0.5) is 26.3 Å². The Bertz CT molecular complexity index is 596. The first kappa shape index (κ1) is 19.6. The van der Waals surface area contributed by atoms with E-state index in [1.54, 1.807) is 7.05 Å². The number of nitrogens with zero attached hydrogens (tertiary/aromatic N) is 2. The van der Waals surface area contributed by atoms with Crippen LogP contribution < -0.4 is 0 Å². The summed E-state index contributed by atoms with van der Waals surface area (Å²) in [5.41, 5.74) is -2.92. The Kier molecular flexibility index (Phi) is 5.36. The summed E-state index contributed by atoms with van der Waals surface area (Å²) in [6.07, 6.45) is -8.07. The van der Waals surface area contributed by atoms with E-state index in [1.807, 2.05) is 4.90 Å². The molecule has 1 heterocycles. The number of hydrogen-bond acceptors (Lipinski definition) is 2. The summed E-state index contributed by atoms with van der Waals surface area (Å²) in [6.45, 7) is 0.666. The summed E-state index contributed by atoms with van der Waals surface area (Å²) in [4.78, 5) is 14.2. The molecular weight excluding hydrogens is 350 g/mol. The fourth-order valence-electron chi connectivity index (χ4n) is 3.28. The Morgan fingerprint density at radius 3 is 2.00 bits per heavy atom. The minimum Gasteiger partial charge on any atom is -0.340 e. The number of benzene rings is 1. The van der Waals surface area contributed by atoms with Gasteiger partial charge >= 0.3 is 12.4 Å². The molecule has 1 aromatic rings. The van der Waals surface area contributed by atoms with E-state index < -0.39 is 29.5 Å². The SMILES string of the molecule is CN(C=O)C(c1cc(C(F)(F)F)cc(C(F)(F)F)c1)C1CCCN1C. The number of carbonyl (C=O) groups excluding carboxylic acids is 1. The average Bonchev–Trinajstić information content (AvgIpc) is 2.91. The van der Waals surface area contributed by atoms with E-state index in [-0.39, 0.29) is 17.7 Å². The van der Waals surface area contributed by atoms with Crippen molar-refractivity contribution in [3.8, 4) is 0 Å². The van der Waals surface area contributed by atoms with E-state index in [4.69, 9.17) is 0 Å². The van der Waals surface area contributed by atoms with E-state index in [9.17, 15) is 31.1 Å². The van der Waals surface area contributed by atoms with Crippen molar-refractivity contribution in [1.82, 2.24) is 9.80 Å². The molecule has 9 heteroatoms. The lowest BCUT2D eigenvalue weighted by atomic mass is 9.93. The molecule has 2 atom stereocenters. The van der Waals surface area contributed by atoms with Crippen molar-refractivity contribution in [2.24, 2.45) is 0 Å². The monoisotopic (exact) mass is 368 g/mol. The third-order valence-corrected chi connectivity index (χ3v) is 4.50. The maximum absolute atomic E-state index is 13.1. The van der Waals surface area contributed by atoms with Gasteiger partial charge in [-0.05, 0) is 50.2 Å². The normalized spacial score (nSPS) is 20.6. The van der Waals surface area contributed by atoms with Gasteiger partial charge in [0.15, 0.2) is 0 Å². The third kappa shape index (κ3) is 4.26. The number of rotatable bonds is 4. The van der Waals surface area contributed by atoms with Gasteiger partial charge in [-0.2, -0.15) is 26.3 Å². The van der Waals surface area contributed by atoms with Crippen molar-refractivity contribution in [2.75, 3.05) is 20.6 Å². The highest BCUT2D eigenvalue weighted by atomic mass is 19.4. The molecule has 1 amide bonds. The molecule has 2 rings (SSSR count). The van der Waals surface area contributed by atoms with E-state index in [0.29, 0.717) is 31.5 Å². The van der Waals surface area contributed by atoms with Gasteiger partial charge < -0.3 is 9.80 Å². The second-order valence-corrected chi connectivity index (χ2v) is 6.25. The first-order chi connectivity index (χ1) is 11.4. The molecule has 3 nitrogen and oxygen atoms in total. The zero-order valence-electron chi connectivity index (χ0n) is 13.7. The van der Waals surface area contributed by atoms with Crippen LogP contribution in [0.2, 0.25) is 0 Å². The Balaban J connectivity index is 2.61. The fourth-order valence-corrected chi connectivity index (χ4v) is 3.28. The van der Waals surface area contributed by atoms with Gasteiger partial charge in [0, 0.05) is 13.1 Å². The van der Waals surface area contributed by atoms with Crippen molar-refractivity contribution in [2.45, 2.75) is 37.3 Å². The third-order valence-electron chi connectivity index (χ3n) is 4.50. The number of halogens is 6. The smallest absolute Gasteiger partial charge is 0.340 e. The van der Waals surface area contributed by atoms with E-state index in [0.717, 1.165) is 11.3 Å². The van der Waals surface area contributed by atoms with Gasteiger partial charge in [0.25, 0.3) is 0 Å². The van der Waals surface area contributed by atoms with Crippen LogP contribution in [0.25, 0.3) is 0 Å². The van der Waals surface area contributed by atoms with Gasteiger partial charge in [-0.3, -0.25) is 4.79 Å². The number of alkyl halides is 6. The van der Waals surface area contributed by atoms with Crippen molar-refractivity contribution < 1.29 is 31.1 Å². The maximum atomic E-state index is 13.1. The molecule has 0 bridgehead atoms. The van der Waals surface area contributed by atoms with Gasteiger partial charge in [-0.15, -0.1) is 0 Å². The first-order valence-corrected chi connectivity index (χ1v) is 7.62. The highest BCUT2D eigenvalue weighted by molar-refractivity contribution is 5.49. The van der Waals surface area contributed by atoms with Gasteiger partial charge in [0.05, 0.1) is 17.2 Å². The Morgan fingerprint density at radius 1 is 1.12 bits per heavy atom. The summed E-state index contributed by atoms with van der Waals surface area (Å²) in [5.74, 6) is 0. The number of hydrogen-bond donors (Lipinski definition) is 0. The molecule has 1 aliphatic rings. The molecule has 25 heavy (non-hydrogen) atoms. The summed E-state index contributed by atoms with van der Waals surface area (Å²) in [5, 5.41) is 0. The van der Waals surface area contributed by atoms with E-state index in [1.165, 1.54) is 7.05 Å². The highest BCUT2D eigenvalue weighted by Crippen LogP contribution is 2.40. The van der Waals surface area contributed by atoms with Crippen molar-refractivity contribution in [1.29, 1.82) is 0 Å². The Morgan fingerprint density at radius 2 is 1.64 bits per heavy atom. The summed E-state index contributed by atoms with van der Waals surface area (Å²) in [7, 11) is 3.10. The van der Waals surface area contributed by atoms with E-state index >= 15 is 0 Å². The minimum absolute atomic E-state index is 0.0971. The number of carbonyl (C=O) groups is 1. The second kappa shape index (κ2) is 6.86. The molecule has 0 radical (unpaired) electrons. The van der Waals surface area contributed by atoms with Crippen LogP contribution in [0.3, 0.4) is 0 Å². The summed E-state index contributed by atoms with van der Waals surface area (Å²) in [6, 6.07) is 0.256. The lowest BCUT2D eigenvalue weighted by Gasteiger charge is -2.35. The zero-order valence-corrected chi connectivity index (χ0v) is 13.7. The molecule has 1 aliphatic heterocycles. The molecule has 140 valence electrons. The second-order valence-electron chi connectivity index (χ2n) is 6.25. The fraction of sp³-hybridized carbons (Fsp3) is 0.562. The standard InChI is InChI=1S/C16H18F6N2O/c1-23-5-3-4-13(23)14(24(2)9-25)10-6-11(15(17,18)19)8-12(7-10)16(20,21)22/h6-9,13-14H,3-5H2,1-2H3. The number of amides is 1. The topological polar surface area (TPSA) is 23.6 Å². The van der Waals surface area contributed by atoms with Gasteiger partial charge in [0.1, 0.15) is 0 Å². The molecule has 0 spiro atoms. The lowest BCUT2D eigenvalue weighted by Crippen LogP contribution is -2.39. The van der Waals surface area contributed by atoms with Gasteiger partial charge in [-0.25, -0.2) is 0 Å². The summed E-state index contributed by atoms with van der Waals surface area (Å²) >= 11 is 0. The minimum atomic E-state index is -4.91. The van der Waals surface area contributed by atoms with Crippen molar-refractivity contribution in [3.05, 3.63) is 34.9 Å². The van der Waals surface area contributed by atoms with Crippen LogP contribution in [0.15, 0.2) is 18.2 Å². The molecule has 0 aromatic heterocycles. The van der Waals surface area contributed by atoms with Crippen LogP contribution in [-0.2, 0) is 17.1 Å². The van der Waals surface area contributed by atoms with Gasteiger partial charge in [-0.1, -0.05) is 0 Å². The van der Waals surface area contributed by atoms with Crippen LogP contribution in [0, 0.1) is 0 Å². The predicted molar refractivity (Wildman–Crippen MR) is 78.7 cm³/mol. The molecule has 2 unspecified atom stereocenters. The molecule has 0 N–H and O–H groups in total. The molecule has 1 fully saturated rings. The molecular formula is C16H18F6N2O. The Hall–Kier alpha value is -1.77. The number of likely N-dealkylation sites (N-methyl/N-ethyl adjacent to an activating group) is 2. The van der Waals surface area contributed by atoms with Gasteiger partial charge in [0.2, 0.25) is 6.41 Å². The maximum Gasteiger partial charge on any atom is 0.416 e. The lowest BCUT2D eigenvalue weighted by molar-refractivity contribution is -0.143. The van der Waals surface area contributed by atoms with E-state index in [2.05, 4.69) is 0 Å². The molecule has 1 saturated heterocycles. The number of likely N-dealkylation sites (tertiary alicyclic amines) is 1. The highest BCUT2D eigenvalue weighted by Gasteiger charge is 2.40. The predicted octanol–water partition coefficient (Wildman–Crippen LogP) is 3.95. The zero-order chi connectivity index (χ0) is 19.0. The largest absolute Gasteiger partial charge is 0.416 e. The van der Waals surface area contributed by atoms with Crippen LogP contribution >= 0.6 is 0 Å². The molecule has 1 aromatic carbocycles. The van der Waals surface area contributed by atoms with Crippen molar-refractivity contribution >= 4 is 6.41 Å². The van der Waals surface area contributed by atoms with Crippen LogP contribution in [-0.4, -0.2) is 42.9 Å². The van der Waals surface area contributed by atoms with Crippen LogP contribution in [0.5, 0.6) is 0 Å². The quantitative estimate of drug-likeness (QED) is 0.594. The molecule has 0 saturated carbocycles. The van der Waals surface area contributed by atoms with Crippen molar-refractivity contribution in [3.63, 3.8) is 0 Å². The molecule has 0 aliphatic carbocycles. The Labute approximate surface area is 141 Å². The first-order valence-electron chi connectivity index (χ1n) is 7.62.